The van der Waals surface area contributed by atoms with Gasteiger partial charge in [-0.1, -0.05) is 11.6 Å². The molecule has 1 amide bonds. The van der Waals surface area contributed by atoms with E-state index < -0.39 is 0 Å². The standard InChI is InChI=1S/C16H19ClN2O2/c17-13-3-4-15-14(8-13)11(9-19-15)5-6-18-16(20)12-2-1-7-21-10-12/h3-4,8-9,12,19H,1-2,5-7,10H2,(H,18,20). The van der Waals surface area contributed by atoms with Crippen molar-refractivity contribution < 1.29 is 9.53 Å². The molecule has 0 aliphatic carbocycles. The van der Waals surface area contributed by atoms with Crippen molar-refractivity contribution in [2.45, 2.75) is 19.3 Å². The van der Waals surface area contributed by atoms with E-state index >= 15 is 0 Å². The second-order valence-corrected chi connectivity index (χ2v) is 5.90. The summed E-state index contributed by atoms with van der Waals surface area (Å²) in [7, 11) is 0. The van der Waals surface area contributed by atoms with E-state index in [4.69, 9.17) is 16.3 Å². The number of carbonyl (C=O) groups excluding carboxylic acids is 1. The average Bonchev–Trinajstić information content (AvgIpc) is 2.90. The fourth-order valence-corrected chi connectivity index (χ4v) is 2.94. The van der Waals surface area contributed by atoms with E-state index in [1.165, 1.54) is 5.56 Å². The molecule has 0 saturated carbocycles. The SMILES string of the molecule is O=C(NCCc1c[nH]c2ccc(Cl)cc12)C1CCCOC1. The number of amides is 1. The van der Waals surface area contributed by atoms with Crippen LogP contribution in [0.15, 0.2) is 24.4 Å². The lowest BCUT2D eigenvalue weighted by Gasteiger charge is -2.21. The first kappa shape index (κ1) is 14.4. The number of aromatic amines is 1. The van der Waals surface area contributed by atoms with E-state index in [0.29, 0.717) is 13.2 Å². The predicted octanol–water partition coefficient (Wildman–Crippen LogP) is 2.91. The van der Waals surface area contributed by atoms with Crippen LogP contribution in [0.1, 0.15) is 18.4 Å². The largest absolute Gasteiger partial charge is 0.381 e. The van der Waals surface area contributed by atoms with Crippen LogP contribution in [-0.2, 0) is 16.0 Å². The molecule has 2 N–H and O–H groups in total. The fourth-order valence-electron chi connectivity index (χ4n) is 2.77. The van der Waals surface area contributed by atoms with E-state index in [-0.39, 0.29) is 11.8 Å². The Labute approximate surface area is 128 Å². The van der Waals surface area contributed by atoms with Gasteiger partial charge in [0, 0.05) is 35.3 Å². The molecule has 1 aromatic carbocycles. The Morgan fingerprint density at radius 2 is 2.38 bits per heavy atom. The zero-order valence-electron chi connectivity index (χ0n) is 11.8. The van der Waals surface area contributed by atoms with Crippen LogP contribution in [-0.4, -0.2) is 30.6 Å². The highest BCUT2D eigenvalue weighted by molar-refractivity contribution is 6.31. The number of ether oxygens (including phenoxy) is 1. The van der Waals surface area contributed by atoms with Crippen LogP contribution in [0.3, 0.4) is 0 Å². The maximum Gasteiger partial charge on any atom is 0.225 e. The molecule has 1 saturated heterocycles. The molecule has 3 rings (SSSR count). The van der Waals surface area contributed by atoms with E-state index in [0.717, 1.165) is 41.8 Å². The second-order valence-electron chi connectivity index (χ2n) is 5.46. The summed E-state index contributed by atoms with van der Waals surface area (Å²) in [4.78, 5) is 15.2. The topological polar surface area (TPSA) is 54.1 Å². The molecule has 1 aliphatic heterocycles. The number of carbonyl (C=O) groups is 1. The number of hydrogen-bond acceptors (Lipinski definition) is 2. The van der Waals surface area contributed by atoms with Gasteiger partial charge in [0.1, 0.15) is 0 Å². The number of H-pyrrole nitrogens is 1. The van der Waals surface area contributed by atoms with Crippen LogP contribution in [0.2, 0.25) is 5.02 Å². The molecule has 112 valence electrons. The lowest BCUT2D eigenvalue weighted by molar-refractivity contribution is -0.128. The Kier molecular flexibility index (Phi) is 4.46. The molecule has 4 nitrogen and oxygen atoms in total. The second kappa shape index (κ2) is 6.50. The van der Waals surface area contributed by atoms with Crippen molar-refractivity contribution in [3.05, 3.63) is 35.0 Å². The minimum absolute atomic E-state index is 0.0103. The molecule has 1 aliphatic rings. The molecule has 0 bridgehead atoms. The van der Waals surface area contributed by atoms with Gasteiger partial charge < -0.3 is 15.0 Å². The van der Waals surface area contributed by atoms with Crippen molar-refractivity contribution in [3.8, 4) is 0 Å². The lowest BCUT2D eigenvalue weighted by Crippen LogP contribution is -2.36. The third kappa shape index (κ3) is 3.39. The molecular formula is C16H19ClN2O2. The van der Waals surface area contributed by atoms with Gasteiger partial charge in [0.2, 0.25) is 5.91 Å². The van der Waals surface area contributed by atoms with Gasteiger partial charge in [-0.05, 0) is 43.0 Å². The third-order valence-corrected chi connectivity index (χ3v) is 4.19. The highest BCUT2D eigenvalue weighted by Crippen LogP contribution is 2.22. The van der Waals surface area contributed by atoms with E-state index in [2.05, 4.69) is 10.3 Å². The first-order chi connectivity index (χ1) is 10.2. The normalized spacial score (nSPS) is 18.8. The van der Waals surface area contributed by atoms with Crippen LogP contribution in [0.5, 0.6) is 0 Å². The van der Waals surface area contributed by atoms with Gasteiger partial charge in [-0.3, -0.25) is 4.79 Å². The smallest absolute Gasteiger partial charge is 0.225 e. The van der Waals surface area contributed by atoms with Crippen LogP contribution in [0.4, 0.5) is 0 Å². The fraction of sp³-hybridized carbons (Fsp3) is 0.438. The number of nitrogens with one attached hydrogen (secondary N) is 2. The number of rotatable bonds is 4. The summed E-state index contributed by atoms with van der Waals surface area (Å²) < 4.78 is 5.35. The molecular weight excluding hydrogens is 288 g/mol. The summed E-state index contributed by atoms with van der Waals surface area (Å²) >= 11 is 6.04. The average molecular weight is 307 g/mol. The molecule has 1 unspecified atom stereocenters. The molecule has 21 heavy (non-hydrogen) atoms. The molecule has 1 aromatic heterocycles. The van der Waals surface area contributed by atoms with Crippen molar-refractivity contribution in [1.82, 2.24) is 10.3 Å². The van der Waals surface area contributed by atoms with Gasteiger partial charge in [0.05, 0.1) is 12.5 Å². The number of halogens is 1. The Balaban J connectivity index is 1.56. The van der Waals surface area contributed by atoms with Crippen LogP contribution in [0, 0.1) is 5.92 Å². The summed E-state index contributed by atoms with van der Waals surface area (Å²) in [5.74, 6) is 0.115. The van der Waals surface area contributed by atoms with Crippen molar-refractivity contribution in [2.24, 2.45) is 5.92 Å². The quantitative estimate of drug-likeness (QED) is 0.912. The third-order valence-electron chi connectivity index (χ3n) is 3.95. The molecule has 2 heterocycles. The summed E-state index contributed by atoms with van der Waals surface area (Å²) in [6.45, 7) is 1.96. The number of benzene rings is 1. The summed E-state index contributed by atoms with van der Waals surface area (Å²) in [6.07, 6.45) is 4.67. The summed E-state index contributed by atoms with van der Waals surface area (Å²) in [5.41, 5.74) is 2.24. The van der Waals surface area contributed by atoms with E-state index in [9.17, 15) is 4.79 Å². The first-order valence-corrected chi connectivity index (χ1v) is 7.73. The molecule has 1 fully saturated rings. The van der Waals surface area contributed by atoms with Crippen LogP contribution >= 0.6 is 11.6 Å². The monoisotopic (exact) mass is 306 g/mol. The van der Waals surface area contributed by atoms with Crippen molar-refractivity contribution >= 4 is 28.4 Å². The number of aromatic nitrogens is 1. The van der Waals surface area contributed by atoms with E-state index in [1.54, 1.807) is 0 Å². The Morgan fingerprint density at radius 3 is 3.19 bits per heavy atom. The van der Waals surface area contributed by atoms with Crippen molar-refractivity contribution in [1.29, 1.82) is 0 Å². The lowest BCUT2D eigenvalue weighted by atomic mass is 10.0. The van der Waals surface area contributed by atoms with Gasteiger partial charge in [0.25, 0.3) is 0 Å². The minimum atomic E-state index is 0.0103. The molecule has 0 radical (unpaired) electrons. The Bertz CT molecular complexity index is 632. The molecule has 2 aromatic rings. The minimum Gasteiger partial charge on any atom is -0.381 e. The number of hydrogen-bond donors (Lipinski definition) is 2. The van der Waals surface area contributed by atoms with Gasteiger partial charge in [-0.25, -0.2) is 0 Å². The van der Waals surface area contributed by atoms with Gasteiger partial charge in [-0.15, -0.1) is 0 Å². The maximum atomic E-state index is 12.0. The van der Waals surface area contributed by atoms with Crippen molar-refractivity contribution in [2.75, 3.05) is 19.8 Å². The highest BCUT2D eigenvalue weighted by Gasteiger charge is 2.21. The summed E-state index contributed by atoms with van der Waals surface area (Å²) in [5, 5.41) is 4.86. The molecule has 0 spiro atoms. The van der Waals surface area contributed by atoms with Gasteiger partial charge in [-0.2, -0.15) is 0 Å². The first-order valence-electron chi connectivity index (χ1n) is 7.35. The number of fused-ring (bicyclic) bond motifs is 1. The van der Waals surface area contributed by atoms with Gasteiger partial charge >= 0.3 is 0 Å². The van der Waals surface area contributed by atoms with Crippen molar-refractivity contribution in [3.63, 3.8) is 0 Å². The Hall–Kier alpha value is -1.52. The zero-order chi connectivity index (χ0) is 14.7. The van der Waals surface area contributed by atoms with Gasteiger partial charge in [0.15, 0.2) is 0 Å². The maximum absolute atomic E-state index is 12.0. The Morgan fingerprint density at radius 1 is 1.48 bits per heavy atom. The summed E-state index contributed by atoms with van der Waals surface area (Å²) in [6, 6.07) is 5.80. The molecule has 1 atom stereocenters. The van der Waals surface area contributed by atoms with Crippen LogP contribution in [0.25, 0.3) is 10.9 Å². The zero-order valence-corrected chi connectivity index (χ0v) is 12.6. The van der Waals surface area contributed by atoms with E-state index in [1.807, 2.05) is 24.4 Å². The predicted molar refractivity (Wildman–Crippen MR) is 83.6 cm³/mol. The highest BCUT2D eigenvalue weighted by atomic mass is 35.5. The van der Waals surface area contributed by atoms with Crippen LogP contribution < -0.4 is 5.32 Å². The molecule has 5 heteroatoms.